The number of halogens is 1. The molecule has 1 fully saturated rings. The van der Waals surface area contributed by atoms with Gasteiger partial charge in [-0.15, -0.1) is 0 Å². The summed E-state index contributed by atoms with van der Waals surface area (Å²) in [5.41, 5.74) is 1.93. The van der Waals surface area contributed by atoms with E-state index in [9.17, 15) is 4.79 Å². The van der Waals surface area contributed by atoms with Crippen LogP contribution in [0.15, 0.2) is 39.0 Å². The SMILES string of the molecule is Cc1csc(=O)n1CCN1CCN(Cc2nc(-c3ccc(Cl)cc3)no2)CC1. The van der Waals surface area contributed by atoms with Gasteiger partial charge in [0.2, 0.25) is 11.7 Å². The molecule has 0 atom stereocenters. The summed E-state index contributed by atoms with van der Waals surface area (Å²) in [4.78, 5) is 21.2. The molecular weight excluding hydrogens is 398 g/mol. The zero-order valence-corrected chi connectivity index (χ0v) is 17.2. The number of aryl methyl sites for hydroxylation is 1. The maximum absolute atomic E-state index is 11.8. The molecule has 0 unspecified atom stereocenters. The van der Waals surface area contributed by atoms with Crippen molar-refractivity contribution >= 4 is 22.9 Å². The lowest BCUT2D eigenvalue weighted by atomic mass is 10.2. The fourth-order valence-corrected chi connectivity index (χ4v) is 4.20. The Morgan fingerprint density at radius 2 is 1.82 bits per heavy atom. The topological polar surface area (TPSA) is 67.4 Å². The molecule has 2 aromatic heterocycles. The van der Waals surface area contributed by atoms with Crippen molar-refractivity contribution in [1.82, 2.24) is 24.5 Å². The van der Waals surface area contributed by atoms with Crippen molar-refractivity contribution in [3.05, 3.63) is 55.9 Å². The number of nitrogens with zero attached hydrogens (tertiary/aromatic N) is 5. The number of aromatic nitrogens is 3. The molecule has 1 aliphatic heterocycles. The number of benzene rings is 1. The van der Waals surface area contributed by atoms with E-state index in [0.29, 0.717) is 23.3 Å². The minimum Gasteiger partial charge on any atom is -0.338 e. The molecule has 1 aliphatic rings. The lowest BCUT2D eigenvalue weighted by molar-refractivity contribution is 0.114. The van der Waals surface area contributed by atoms with Gasteiger partial charge in [-0.3, -0.25) is 14.6 Å². The summed E-state index contributed by atoms with van der Waals surface area (Å²) in [5.74, 6) is 1.21. The standard InChI is InChI=1S/C19H22ClN5O2S/c1-14-13-28-19(26)25(14)11-10-23-6-8-24(9-7-23)12-17-21-18(22-27-17)15-2-4-16(20)5-3-15/h2-5,13H,6-12H2,1H3. The molecule has 0 radical (unpaired) electrons. The van der Waals surface area contributed by atoms with E-state index in [1.807, 2.05) is 41.1 Å². The van der Waals surface area contributed by atoms with Crippen LogP contribution in [0.4, 0.5) is 0 Å². The molecule has 0 saturated carbocycles. The predicted molar refractivity (Wildman–Crippen MR) is 110 cm³/mol. The molecule has 0 bridgehead atoms. The molecule has 148 valence electrons. The van der Waals surface area contributed by atoms with Crippen molar-refractivity contribution in [1.29, 1.82) is 0 Å². The van der Waals surface area contributed by atoms with Gasteiger partial charge in [0, 0.05) is 60.9 Å². The van der Waals surface area contributed by atoms with Crippen LogP contribution in [0.3, 0.4) is 0 Å². The van der Waals surface area contributed by atoms with Crippen LogP contribution in [0.1, 0.15) is 11.6 Å². The molecule has 9 heteroatoms. The lowest BCUT2D eigenvalue weighted by Gasteiger charge is -2.33. The van der Waals surface area contributed by atoms with E-state index in [-0.39, 0.29) is 4.87 Å². The maximum atomic E-state index is 11.8. The third kappa shape index (κ3) is 4.52. The van der Waals surface area contributed by atoms with Crippen LogP contribution in [0.25, 0.3) is 11.4 Å². The fourth-order valence-electron chi connectivity index (χ4n) is 3.31. The molecule has 3 heterocycles. The van der Waals surface area contributed by atoms with Crippen LogP contribution in [-0.4, -0.2) is 57.2 Å². The number of hydrogen-bond acceptors (Lipinski definition) is 7. The van der Waals surface area contributed by atoms with E-state index >= 15 is 0 Å². The lowest BCUT2D eigenvalue weighted by Crippen LogP contribution is -2.47. The maximum Gasteiger partial charge on any atom is 0.307 e. The quantitative estimate of drug-likeness (QED) is 0.612. The molecule has 0 aliphatic carbocycles. The fraction of sp³-hybridized carbons (Fsp3) is 0.421. The van der Waals surface area contributed by atoms with Crippen LogP contribution < -0.4 is 4.87 Å². The smallest absolute Gasteiger partial charge is 0.307 e. The van der Waals surface area contributed by atoms with Crippen molar-refractivity contribution < 1.29 is 4.52 Å². The summed E-state index contributed by atoms with van der Waals surface area (Å²) in [6, 6.07) is 7.40. The van der Waals surface area contributed by atoms with Gasteiger partial charge in [-0.25, -0.2) is 0 Å². The van der Waals surface area contributed by atoms with Crippen LogP contribution >= 0.6 is 22.9 Å². The minimum atomic E-state index is 0.129. The monoisotopic (exact) mass is 419 g/mol. The molecule has 28 heavy (non-hydrogen) atoms. The molecular formula is C19H22ClN5O2S. The number of hydrogen-bond donors (Lipinski definition) is 0. The van der Waals surface area contributed by atoms with Gasteiger partial charge >= 0.3 is 4.87 Å². The van der Waals surface area contributed by atoms with E-state index in [1.165, 1.54) is 11.3 Å². The van der Waals surface area contributed by atoms with Crippen LogP contribution in [0.5, 0.6) is 0 Å². The molecule has 0 N–H and O–H groups in total. The molecule has 1 aromatic carbocycles. The van der Waals surface area contributed by atoms with Gasteiger partial charge in [0.15, 0.2) is 0 Å². The summed E-state index contributed by atoms with van der Waals surface area (Å²) in [7, 11) is 0. The van der Waals surface area contributed by atoms with Gasteiger partial charge in [0.05, 0.1) is 6.54 Å². The normalized spacial score (nSPS) is 15.9. The molecule has 3 aromatic rings. The number of rotatable bonds is 6. The number of thiazole rings is 1. The van der Waals surface area contributed by atoms with Crippen molar-refractivity contribution in [3.8, 4) is 11.4 Å². The highest BCUT2D eigenvalue weighted by Gasteiger charge is 2.19. The van der Waals surface area contributed by atoms with E-state index < -0.39 is 0 Å². The van der Waals surface area contributed by atoms with Crippen LogP contribution in [0, 0.1) is 6.92 Å². The Hall–Kier alpha value is -2.00. The Kier molecular flexibility index (Phi) is 5.91. The third-order valence-corrected chi connectivity index (χ3v) is 6.14. The van der Waals surface area contributed by atoms with Crippen molar-refractivity contribution in [2.24, 2.45) is 0 Å². The van der Waals surface area contributed by atoms with Gasteiger partial charge in [-0.1, -0.05) is 28.1 Å². The van der Waals surface area contributed by atoms with E-state index in [2.05, 4.69) is 19.9 Å². The van der Waals surface area contributed by atoms with Crippen LogP contribution in [-0.2, 0) is 13.1 Å². The zero-order chi connectivity index (χ0) is 19.5. The van der Waals surface area contributed by atoms with Crippen molar-refractivity contribution in [3.63, 3.8) is 0 Å². The first-order chi connectivity index (χ1) is 13.6. The first-order valence-electron chi connectivity index (χ1n) is 9.26. The number of piperazine rings is 1. The Morgan fingerprint density at radius 3 is 2.50 bits per heavy atom. The van der Waals surface area contributed by atoms with Gasteiger partial charge in [0.1, 0.15) is 0 Å². The Balaban J connectivity index is 1.27. The highest BCUT2D eigenvalue weighted by molar-refractivity contribution is 7.07. The Morgan fingerprint density at radius 1 is 1.11 bits per heavy atom. The van der Waals surface area contributed by atoms with Crippen molar-refractivity contribution in [2.45, 2.75) is 20.0 Å². The first kappa shape index (κ1) is 19.3. The van der Waals surface area contributed by atoms with Crippen molar-refractivity contribution in [2.75, 3.05) is 32.7 Å². The average molecular weight is 420 g/mol. The molecule has 7 nitrogen and oxygen atoms in total. The molecule has 4 rings (SSSR count). The third-order valence-electron chi connectivity index (χ3n) is 5.01. The minimum absolute atomic E-state index is 0.129. The highest BCUT2D eigenvalue weighted by atomic mass is 35.5. The summed E-state index contributed by atoms with van der Waals surface area (Å²) in [6.07, 6.45) is 0. The van der Waals surface area contributed by atoms with Gasteiger partial charge < -0.3 is 9.09 Å². The second-order valence-corrected chi connectivity index (χ2v) is 8.19. The molecule has 1 saturated heterocycles. The predicted octanol–water partition coefficient (Wildman–Crippen LogP) is 2.74. The second kappa shape index (κ2) is 8.57. The molecule has 0 spiro atoms. The van der Waals surface area contributed by atoms with Gasteiger partial charge in [0.25, 0.3) is 0 Å². The summed E-state index contributed by atoms with van der Waals surface area (Å²) >= 11 is 7.19. The zero-order valence-electron chi connectivity index (χ0n) is 15.7. The van der Waals surface area contributed by atoms with E-state index in [4.69, 9.17) is 16.1 Å². The molecule has 0 amide bonds. The van der Waals surface area contributed by atoms with E-state index in [1.54, 1.807) is 0 Å². The van der Waals surface area contributed by atoms with Gasteiger partial charge in [-0.2, -0.15) is 4.98 Å². The average Bonchev–Trinajstić information content (AvgIpc) is 3.29. The highest BCUT2D eigenvalue weighted by Crippen LogP contribution is 2.19. The van der Waals surface area contributed by atoms with E-state index in [0.717, 1.165) is 50.5 Å². The van der Waals surface area contributed by atoms with Crippen LogP contribution in [0.2, 0.25) is 5.02 Å². The first-order valence-corrected chi connectivity index (χ1v) is 10.5. The summed E-state index contributed by atoms with van der Waals surface area (Å²) in [6.45, 7) is 8.10. The summed E-state index contributed by atoms with van der Waals surface area (Å²) < 4.78 is 7.27. The largest absolute Gasteiger partial charge is 0.338 e. The second-order valence-electron chi connectivity index (χ2n) is 6.93. The summed E-state index contributed by atoms with van der Waals surface area (Å²) in [5, 5.41) is 6.68. The Labute approximate surface area is 172 Å². The van der Waals surface area contributed by atoms with Gasteiger partial charge in [-0.05, 0) is 31.2 Å². The Bertz CT molecular complexity index is 973.